The molecular formula is C17H18ClNO7S3. The van der Waals surface area contributed by atoms with Crippen molar-refractivity contribution in [3.8, 4) is 0 Å². The summed E-state index contributed by atoms with van der Waals surface area (Å²) in [6.07, 6.45) is 2.47. The lowest BCUT2D eigenvalue weighted by Crippen LogP contribution is -2.24. The second kappa shape index (κ2) is 9.35. The van der Waals surface area contributed by atoms with E-state index in [1.807, 2.05) is 0 Å². The van der Waals surface area contributed by atoms with Gasteiger partial charge in [0.1, 0.15) is 0 Å². The van der Waals surface area contributed by atoms with Crippen LogP contribution in [0.1, 0.15) is 24.9 Å². The van der Waals surface area contributed by atoms with Gasteiger partial charge < -0.3 is 4.74 Å². The minimum Gasteiger partial charge on any atom is -0.454 e. The molecule has 0 amide bonds. The van der Waals surface area contributed by atoms with Gasteiger partial charge in [-0.05, 0) is 36.8 Å². The van der Waals surface area contributed by atoms with Crippen LogP contribution in [0.4, 0.5) is 0 Å². The van der Waals surface area contributed by atoms with E-state index in [1.54, 1.807) is 12.1 Å². The summed E-state index contributed by atoms with van der Waals surface area (Å²) < 4.78 is 52.7. The molecule has 0 aliphatic carbocycles. The summed E-state index contributed by atoms with van der Waals surface area (Å²) in [7, 11) is -6.82. The quantitative estimate of drug-likeness (QED) is 0.430. The Bertz CT molecular complexity index is 1140. The minimum absolute atomic E-state index is 0.00614. The molecule has 12 heteroatoms. The van der Waals surface area contributed by atoms with Gasteiger partial charge in [0.25, 0.3) is 0 Å². The molecule has 0 spiro atoms. The maximum absolute atomic E-state index is 12.2. The van der Waals surface area contributed by atoms with Gasteiger partial charge >= 0.3 is 5.97 Å². The van der Waals surface area contributed by atoms with E-state index >= 15 is 0 Å². The molecule has 0 atom stereocenters. The van der Waals surface area contributed by atoms with Crippen LogP contribution in [0.25, 0.3) is 0 Å². The molecular weight excluding hydrogens is 462 g/mol. The summed E-state index contributed by atoms with van der Waals surface area (Å²) in [6.45, 7) is -0.336. The molecule has 8 nitrogen and oxygen atoms in total. The van der Waals surface area contributed by atoms with E-state index in [4.69, 9.17) is 16.3 Å². The first kappa shape index (κ1) is 23.5. The predicted molar refractivity (Wildman–Crippen MR) is 110 cm³/mol. The molecule has 0 radical (unpaired) electrons. The minimum atomic E-state index is -3.54. The van der Waals surface area contributed by atoms with Gasteiger partial charge in [0, 0.05) is 17.7 Å². The normalized spacial score (nSPS) is 12.0. The third-order valence-electron chi connectivity index (χ3n) is 3.59. The molecule has 158 valence electrons. The smallest absolute Gasteiger partial charge is 0.340 e. The SMILES string of the molecule is CS(=O)(=O)NCCc1ccc(C(=O)COC(=O)c2cc(S(C)(=O)=O)ccc2Cl)s1. The fourth-order valence-corrected chi connectivity index (χ4v) is 4.44. The maximum Gasteiger partial charge on any atom is 0.340 e. The predicted octanol–water partition coefficient (Wildman–Crippen LogP) is 1.94. The van der Waals surface area contributed by atoms with Crippen LogP contribution in [-0.2, 0) is 31.0 Å². The third kappa shape index (κ3) is 7.19. The van der Waals surface area contributed by atoms with Crippen molar-refractivity contribution in [1.82, 2.24) is 4.72 Å². The van der Waals surface area contributed by atoms with Crippen LogP contribution in [-0.4, -0.2) is 54.3 Å². The van der Waals surface area contributed by atoms with Gasteiger partial charge in [0.2, 0.25) is 15.8 Å². The standard InChI is InChI=1S/C17H18ClNO7S3/c1-28(22,23)12-4-5-14(18)13(9-12)17(21)26-10-15(20)16-6-3-11(27-16)7-8-19-29(2,24)25/h3-6,9,19H,7-8,10H2,1-2H3. The van der Waals surface area contributed by atoms with Gasteiger partial charge in [-0.2, -0.15) is 0 Å². The van der Waals surface area contributed by atoms with Crippen LogP contribution in [0.3, 0.4) is 0 Å². The zero-order chi connectivity index (χ0) is 21.8. The molecule has 1 heterocycles. The average molecular weight is 480 g/mol. The van der Waals surface area contributed by atoms with Crippen molar-refractivity contribution < 1.29 is 31.2 Å². The number of sulfone groups is 1. The maximum atomic E-state index is 12.2. The average Bonchev–Trinajstić information content (AvgIpc) is 3.06. The van der Waals surface area contributed by atoms with E-state index in [9.17, 15) is 26.4 Å². The van der Waals surface area contributed by atoms with Gasteiger partial charge in [-0.15, -0.1) is 11.3 Å². The molecule has 2 aromatic rings. The van der Waals surface area contributed by atoms with Crippen LogP contribution in [0.15, 0.2) is 35.2 Å². The number of thiophene rings is 1. The number of esters is 1. The first-order chi connectivity index (χ1) is 13.4. The summed E-state index contributed by atoms with van der Waals surface area (Å²) in [5.74, 6) is -1.36. The number of halogens is 1. The number of carbonyl (C=O) groups is 2. The van der Waals surface area contributed by atoms with E-state index in [1.165, 1.54) is 23.5 Å². The number of ketones is 1. The molecule has 0 unspecified atom stereocenters. The Balaban J connectivity index is 1.98. The van der Waals surface area contributed by atoms with E-state index in [-0.39, 0.29) is 22.0 Å². The number of carbonyl (C=O) groups excluding carboxylic acids is 2. The summed E-state index contributed by atoms with van der Waals surface area (Å²) in [5.41, 5.74) is -0.152. The van der Waals surface area contributed by atoms with Crippen LogP contribution in [0.5, 0.6) is 0 Å². The highest BCUT2D eigenvalue weighted by Gasteiger charge is 2.19. The second-order valence-electron chi connectivity index (χ2n) is 6.10. The molecule has 0 bridgehead atoms. The summed E-state index contributed by atoms with van der Waals surface area (Å²) in [5, 5.41) is 0.00614. The molecule has 29 heavy (non-hydrogen) atoms. The Morgan fingerprint density at radius 1 is 1.10 bits per heavy atom. The topological polar surface area (TPSA) is 124 Å². The van der Waals surface area contributed by atoms with E-state index < -0.39 is 38.2 Å². The molecule has 0 saturated heterocycles. The van der Waals surface area contributed by atoms with Crippen molar-refractivity contribution in [1.29, 1.82) is 0 Å². The summed E-state index contributed by atoms with van der Waals surface area (Å²) >= 11 is 7.10. The Hall–Kier alpha value is -1.79. The molecule has 2 rings (SSSR count). The molecule has 0 aliphatic rings. The van der Waals surface area contributed by atoms with Crippen molar-refractivity contribution in [2.24, 2.45) is 0 Å². The largest absolute Gasteiger partial charge is 0.454 e. The zero-order valence-corrected chi connectivity index (χ0v) is 18.7. The lowest BCUT2D eigenvalue weighted by Gasteiger charge is -2.07. The van der Waals surface area contributed by atoms with Crippen LogP contribution < -0.4 is 4.72 Å². The number of hydrogen-bond acceptors (Lipinski definition) is 8. The van der Waals surface area contributed by atoms with Crippen LogP contribution in [0, 0.1) is 0 Å². The second-order valence-corrected chi connectivity index (χ2v) is 11.5. The van der Waals surface area contributed by atoms with Crippen LogP contribution >= 0.6 is 22.9 Å². The summed E-state index contributed by atoms with van der Waals surface area (Å²) in [4.78, 5) is 25.5. The Labute approximate surface area is 177 Å². The van der Waals surface area contributed by atoms with Crippen LogP contribution in [0.2, 0.25) is 5.02 Å². The number of hydrogen-bond donors (Lipinski definition) is 1. The van der Waals surface area contributed by atoms with E-state index in [0.717, 1.165) is 23.5 Å². The van der Waals surface area contributed by atoms with Crippen molar-refractivity contribution >= 4 is 54.6 Å². The first-order valence-corrected chi connectivity index (χ1v) is 13.1. The fourth-order valence-electron chi connectivity index (χ4n) is 2.19. The number of rotatable bonds is 9. The van der Waals surface area contributed by atoms with Gasteiger partial charge in [-0.25, -0.2) is 26.4 Å². The Morgan fingerprint density at radius 2 is 1.79 bits per heavy atom. The molecule has 0 aliphatic heterocycles. The molecule has 1 N–H and O–H groups in total. The van der Waals surface area contributed by atoms with Crippen molar-refractivity contribution in [3.63, 3.8) is 0 Å². The van der Waals surface area contributed by atoms with Crippen molar-refractivity contribution in [3.05, 3.63) is 50.7 Å². The zero-order valence-electron chi connectivity index (χ0n) is 15.5. The molecule has 0 fully saturated rings. The van der Waals surface area contributed by atoms with Gasteiger partial charge in [-0.3, -0.25) is 4.79 Å². The first-order valence-electron chi connectivity index (χ1n) is 8.10. The fraction of sp³-hybridized carbons (Fsp3) is 0.294. The number of Topliss-reactive ketones (excluding diaryl/α,β-unsaturated/α-hetero) is 1. The third-order valence-corrected chi connectivity index (χ3v) is 6.95. The molecule has 1 aromatic carbocycles. The highest BCUT2D eigenvalue weighted by atomic mass is 35.5. The monoisotopic (exact) mass is 479 g/mol. The van der Waals surface area contributed by atoms with Crippen molar-refractivity contribution in [2.75, 3.05) is 25.7 Å². The highest BCUT2D eigenvalue weighted by Crippen LogP contribution is 2.22. The van der Waals surface area contributed by atoms with E-state index in [2.05, 4.69) is 4.72 Å². The van der Waals surface area contributed by atoms with E-state index in [0.29, 0.717) is 11.3 Å². The Kier molecular flexibility index (Phi) is 7.57. The summed E-state index contributed by atoms with van der Waals surface area (Å²) in [6, 6.07) is 6.89. The van der Waals surface area contributed by atoms with Gasteiger partial charge in [0.05, 0.1) is 26.6 Å². The Morgan fingerprint density at radius 3 is 2.41 bits per heavy atom. The van der Waals surface area contributed by atoms with Gasteiger partial charge in [0.15, 0.2) is 16.4 Å². The highest BCUT2D eigenvalue weighted by molar-refractivity contribution is 7.90. The number of ether oxygens (including phenoxy) is 1. The molecule has 0 saturated carbocycles. The number of benzene rings is 1. The lowest BCUT2D eigenvalue weighted by atomic mass is 10.2. The lowest BCUT2D eigenvalue weighted by molar-refractivity contribution is 0.0475. The number of nitrogens with one attached hydrogen (secondary N) is 1. The molecule has 1 aromatic heterocycles. The van der Waals surface area contributed by atoms with Gasteiger partial charge in [-0.1, -0.05) is 11.6 Å². The van der Waals surface area contributed by atoms with Crippen molar-refractivity contribution in [2.45, 2.75) is 11.3 Å². The number of sulfonamides is 1.